The lowest BCUT2D eigenvalue weighted by molar-refractivity contribution is 0.432. The van der Waals surface area contributed by atoms with E-state index >= 15 is 0 Å². The second-order valence-electron chi connectivity index (χ2n) is 3.46. The molecule has 0 unspecified atom stereocenters. The number of hydrogen-bond acceptors (Lipinski definition) is 3. The van der Waals surface area contributed by atoms with Crippen LogP contribution in [0.3, 0.4) is 0 Å². The summed E-state index contributed by atoms with van der Waals surface area (Å²) in [6.07, 6.45) is 1.67. The van der Waals surface area contributed by atoms with E-state index in [1.165, 1.54) is 11.1 Å². The molecule has 0 aliphatic carbocycles. The molecule has 0 bridgehead atoms. The maximum absolute atomic E-state index is 5.11. The Bertz CT molecular complexity index is 448. The van der Waals surface area contributed by atoms with Crippen LogP contribution in [0.4, 0.5) is 0 Å². The van der Waals surface area contributed by atoms with Gasteiger partial charge in [-0.15, -0.1) is 0 Å². The third kappa shape index (κ3) is 1.14. The largest absolute Gasteiger partial charge is 0.356 e. The molecule has 1 aliphatic heterocycles. The molecule has 0 saturated heterocycles. The van der Waals surface area contributed by atoms with Crippen LogP contribution in [0, 0.1) is 0 Å². The molecule has 0 spiro atoms. The van der Waals surface area contributed by atoms with Crippen molar-refractivity contribution in [1.29, 1.82) is 0 Å². The van der Waals surface area contributed by atoms with Gasteiger partial charge < -0.3 is 9.84 Å². The summed E-state index contributed by atoms with van der Waals surface area (Å²) in [4.78, 5) is 0. The third-order valence-corrected chi connectivity index (χ3v) is 2.56. The Hall–Kier alpha value is -1.61. The third-order valence-electron chi connectivity index (χ3n) is 2.56. The highest BCUT2D eigenvalue weighted by atomic mass is 16.5. The fourth-order valence-corrected chi connectivity index (χ4v) is 1.81. The maximum atomic E-state index is 5.11. The highest BCUT2D eigenvalue weighted by molar-refractivity contribution is 5.59. The second-order valence-corrected chi connectivity index (χ2v) is 3.46. The zero-order valence-corrected chi connectivity index (χ0v) is 7.66. The molecule has 0 amide bonds. The lowest BCUT2D eigenvalue weighted by Crippen LogP contribution is -1.99. The Morgan fingerprint density at radius 3 is 2.93 bits per heavy atom. The number of nitrogens with one attached hydrogen (secondary N) is 1. The van der Waals surface area contributed by atoms with E-state index in [-0.39, 0.29) is 0 Å². The second kappa shape index (κ2) is 2.96. The van der Waals surface area contributed by atoms with Crippen LogP contribution < -0.4 is 5.32 Å². The van der Waals surface area contributed by atoms with Crippen LogP contribution >= 0.6 is 0 Å². The smallest absolute Gasteiger partial charge is 0.166 e. The lowest BCUT2D eigenvalue weighted by atomic mass is 10.1. The van der Waals surface area contributed by atoms with Crippen LogP contribution in [0.25, 0.3) is 11.3 Å². The van der Waals surface area contributed by atoms with Crippen LogP contribution in [-0.2, 0) is 13.1 Å². The molecule has 3 nitrogen and oxygen atoms in total. The SMILES string of the molecule is c1cc(-c2ccc3c(c2)CNC3)on1. The Morgan fingerprint density at radius 2 is 2.07 bits per heavy atom. The molecule has 3 heteroatoms. The van der Waals surface area contributed by atoms with Gasteiger partial charge in [0.2, 0.25) is 0 Å². The summed E-state index contributed by atoms with van der Waals surface area (Å²) >= 11 is 0. The zero-order valence-electron chi connectivity index (χ0n) is 7.66. The van der Waals surface area contributed by atoms with Gasteiger partial charge in [-0.2, -0.15) is 0 Å². The summed E-state index contributed by atoms with van der Waals surface area (Å²) in [7, 11) is 0. The molecular weight excluding hydrogens is 176 g/mol. The fourth-order valence-electron chi connectivity index (χ4n) is 1.81. The molecule has 1 aromatic carbocycles. The number of aromatic nitrogens is 1. The average molecular weight is 186 g/mol. The Labute approximate surface area is 81.7 Å². The number of rotatable bonds is 1. The molecule has 0 atom stereocenters. The molecule has 3 rings (SSSR count). The molecule has 14 heavy (non-hydrogen) atoms. The molecule has 1 aliphatic rings. The summed E-state index contributed by atoms with van der Waals surface area (Å²) in [5.74, 6) is 0.833. The Kier molecular flexibility index (Phi) is 1.64. The Balaban J connectivity index is 2.09. The van der Waals surface area contributed by atoms with E-state index in [0.29, 0.717) is 0 Å². The highest BCUT2D eigenvalue weighted by Crippen LogP contribution is 2.24. The van der Waals surface area contributed by atoms with Gasteiger partial charge in [0.15, 0.2) is 5.76 Å². The van der Waals surface area contributed by atoms with Gasteiger partial charge >= 0.3 is 0 Å². The minimum atomic E-state index is 0.833. The molecule has 0 saturated carbocycles. The van der Waals surface area contributed by atoms with Crippen molar-refractivity contribution in [2.75, 3.05) is 0 Å². The molecule has 1 aromatic heterocycles. The fraction of sp³-hybridized carbons (Fsp3) is 0.182. The molecule has 2 aromatic rings. The average Bonchev–Trinajstić information content (AvgIpc) is 2.88. The van der Waals surface area contributed by atoms with E-state index in [1.807, 2.05) is 6.07 Å². The van der Waals surface area contributed by atoms with Crippen molar-refractivity contribution in [2.45, 2.75) is 13.1 Å². The van der Waals surface area contributed by atoms with Gasteiger partial charge in [0.1, 0.15) is 0 Å². The number of hydrogen-bond donors (Lipinski definition) is 1. The molecular formula is C11H10N2O. The lowest BCUT2D eigenvalue weighted by Gasteiger charge is -1.99. The number of fused-ring (bicyclic) bond motifs is 1. The standard InChI is InChI=1S/C11H10N2O/c1-2-9-6-12-7-10(9)5-8(1)11-3-4-13-14-11/h1-5,12H,6-7H2. The van der Waals surface area contributed by atoms with Gasteiger partial charge in [-0.1, -0.05) is 17.3 Å². The van der Waals surface area contributed by atoms with Crippen molar-refractivity contribution in [3.8, 4) is 11.3 Å². The zero-order chi connectivity index (χ0) is 9.38. The van der Waals surface area contributed by atoms with Crippen LogP contribution in [0.2, 0.25) is 0 Å². The predicted octanol–water partition coefficient (Wildman–Crippen LogP) is 1.94. The van der Waals surface area contributed by atoms with Crippen LogP contribution in [0.15, 0.2) is 35.0 Å². The topological polar surface area (TPSA) is 38.1 Å². The van der Waals surface area contributed by atoms with Crippen molar-refractivity contribution in [3.63, 3.8) is 0 Å². The molecule has 1 N–H and O–H groups in total. The van der Waals surface area contributed by atoms with Gasteiger partial charge in [0.25, 0.3) is 0 Å². The summed E-state index contributed by atoms with van der Waals surface area (Å²) in [5.41, 5.74) is 3.84. The molecule has 0 radical (unpaired) electrons. The monoisotopic (exact) mass is 186 g/mol. The first-order valence-electron chi connectivity index (χ1n) is 4.67. The number of benzene rings is 1. The van der Waals surface area contributed by atoms with Crippen molar-refractivity contribution < 1.29 is 4.52 Å². The minimum absolute atomic E-state index is 0.833. The number of nitrogens with zero attached hydrogens (tertiary/aromatic N) is 1. The first-order valence-corrected chi connectivity index (χ1v) is 4.67. The van der Waals surface area contributed by atoms with E-state index in [2.05, 4.69) is 28.7 Å². The highest BCUT2D eigenvalue weighted by Gasteiger charge is 2.11. The van der Waals surface area contributed by atoms with E-state index in [1.54, 1.807) is 6.20 Å². The molecule has 70 valence electrons. The van der Waals surface area contributed by atoms with Gasteiger partial charge in [-0.3, -0.25) is 0 Å². The van der Waals surface area contributed by atoms with Crippen molar-refractivity contribution in [2.24, 2.45) is 0 Å². The molecule has 0 fully saturated rings. The maximum Gasteiger partial charge on any atom is 0.166 e. The van der Waals surface area contributed by atoms with E-state index in [9.17, 15) is 0 Å². The van der Waals surface area contributed by atoms with Crippen LogP contribution in [0.1, 0.15) is 11.1 Å². The summed E-state index contributed by atoms with van der Waals surface area (Å²) in [6.45, 7) is 1.93. The van der Waals surface area contributed by atoms with Crippen molar-refractivity contribution >= 4 is 0 Å². The van der Waals surface area contributed by atoms with Gasteiger partial charge in [0.05, 0.1) is 6.20 Å². The van der Waals surface area contributed by atoms with Crippen LogP contribution in [-0.4, -0.2) is 5.16 Å². The summed E-state index contributed by atoms with van der Waals surface area (Å²) in [6, 6.07) is 8.26. The van der Waals surface area contributed by atoms with E-state index in [4.69, 9.17) is 4.52 Å². The van der Waals surface area contributed by atoms with Gasteiger partial charge in [0, 0.05) is 24.7 Å². The summed E-state index contributed by atoms with van der Waals surface area (Å²) < 4.78 is 5.11. The van der Waals surface area contributed by atoms with Crippen LogP contribution in [0.5, 0.6) is 0 Å². The first-order chi connectivity index (χ1) is 6.93. The normalized spacial score (nSPS) is 14.3. The quantitative estimate of drug-likeness (QED) is 0.739. The van der Waals surface area contributed by atoms with E-state index in [0.717, 1.165) is 24.4 Å². The van der Waals surface area contributed by atoms with Crippen molar-refractivity contribution in [3.05, 3.63) is 41.6 Å². The van der Waals surface area contributed by atoms with E-state index < -0.39 is 0 Å². The van der Waals surface area contributed by atoms with Gasteiger partial charge in [-0.25, -0.2) is 0 Å². The Morgan fingerprint density at radius 1 is 1.14 bits per heavy atom. The van der Waals surface area contributed by atoms with Gasteiger partial charge in [-0.05, 0) is 17.2 Å². The first kappa shape index (κ1) is 7.76. The molecule has 2 heterocycles. The minimum Gasteiger partial charge on any atom is -0.356 e. The van der Waals surface area contributed by atoms with Crippen molar-refractivity contribution in [1.82, 2.24) is 10.5 Å². The summed E-state index contributed by atoms with van der Waals surface area (Å²) in [5, 5.41) is 7.02. The predicted molar refractivity (Wildman–Crippen MR) is 52.5 cm³/mol.